The second kappa shape index (κ2) is 8.58. The van der Waals surface area contributed by atoms with Gasteiger partial charge in [-0.2, -0.15) is 4.98 Å². The third kappa shape index (κ3) is 4.46. The fourth-order valence-electron chi connectivity index (χ4n) is 3.62. The number of amides is 1. The molecule has 0 aromatic carbocycles. The quantitative estimate of drug-likeness (QED) is 0.754. The van der Waals surface area contributed by atoms with Crippen molar-refractivity contribution in [1.82, 2.24) is 15.0 Å². The first kappa shape index (κ1) is 18.1. The first-order valence-electron chi connectivity index (χ1n) is 9.09. The second-order valence-electron chi connectivity index (χ2n) is 6.92. The number of rotatable bonds is 7. The SMILES string of the molecule is COCCc1noc([C@@H]2CN(C(=O)CC3=CCCCC3)C[C@H]2CO)n1. The van der Waals surface area contributed by atoms with Crippen molar-refractivity contribution in [3.63, 3.8) is 0 Å². The summed E-state index contributed by atoms with van der Waals surface area (Å²) in [4.78, 5) is 18.9. The van der Waals surface area contributed by atoms with Crippen LogP contribution in [-0.2, 0) is 16.0 Å². The lowest BCUT2D eigenvalue weighted by atomic mass is 9.97. The minimum atomic E-state index is -0.0990. The van der Waals surface area contributed by atoms with Gasteiger partial charge in [0.05, 0.1) is 12.5 Å². The molecule has 0 bridgehead atoms. The van der Waals surface area contributed by atoms with E-state index >= 15 is 0 Å². The maximum Gasteiger partial charge on any atom is 0.231 e. The summed E-state index contributed by atoms with van der Waals surface area (Å²) in [6, 6.07) is 0. The van der Waals surface area contributed by atoms with Crippen molar-refractivity contribution < 1.29 is 19.2 Å². The summed E-state index contributed by atoms with van der Waals surface area (Å²) < 4.78 is 10.4. The molecule has 0 saturated carbocycles. The molecule has 1 aliphatic carbocycles. The Balaban J connectivity index is 1.62. The molecule has 0 radical (unpaired) electrons. The monoisotopic (exact) mass is 349 g/mol. The summed E-state index contributed by atoms with van der Waals surface area (Å²) in [6.45, 7) is 1.62. The molecule has 1 fully saturated rings. The molecule has 3 rings (SSSR count). The highest BCUT2D eigenvalue weighted by Crippen LogP contribution is 2.32. The van der Waals surface area contributed by atoms with Crippen LogP contribution < -0.4 is 0 Å². The van der Waals surface area contributed by atoms with Gasteiger partial charge in [0, 0.05) is 45.6 Å². The highest BCUT2D eigenvalue weighted by atomic mass is 16.5. The Morgan fingerprint density at radius 2 is 2.32 bits per heavy atom. The number of methoxy groups -OCH3 is 1. The maximum absolute atomic E-state index is 12.6. The van der Waals surface area contributed by atoms with Gasteiger partial charge in [-0.25, -0.2) is 0 Å². The lowest BCUT2D eigenvalue weighted by Crippen LogP contribution is -2.29. The first-order valence-corrected chi connectivity index (χ1v) is 9.09. The van der Waals surface area contributed by atoms with Gasteiger partial charge >= 0.3 is 0 Å². The number of ether oxygens (including phenoxy) is 1. The summed E-state index contributed by atoms with van der Waals surface area (Å²) in [5.41, 5.74) is 1.25. The van der Waals surface area contributed by atoms with Crippen LogP contribution in [0.2, 0.25) is 0 Å². The van der Waals surface area contributed by atoms with Crippen LogP contribution in [0.25, 0.3) is 0 Å². The number of nitrogens with zero attached hydrogens (tertiary/aromatic N) is 3. The van der Waals surface area contributed by atoms with Crippen molar-refractivity contribution in [3.05, 3.63) is 23.4 Å². The van der Waals surface area contributed by atoms with Crippen molar-refractivity contribution in [1.29, 1.82) is 0 Å². The van der Waals surface area contributed by atoms with E-state index < -0.39 is 0 Å². The standard InChI is InChI=1S/C18H27N3O4/c1-24-8-7-16-19-18(25-20-16)15-11-21(10-14(15)12-22)17(23)9-13-5-3-2-4-6-13/h5,14-15,22H,2-4,6-12H2,1H3/t14-,15+/m0/s1. The predicted molar refractivity (Wildman–Crippen MR) is 90.9 cm³/mol. The van der Waals surface area contributed by atoms with Crippen molar-refractivity contribution in [2.45, 2.75) is 44.4 Å². The Labute approximate surface area is 148 Å². The minimum absolute atomic E-state index is 0.00687. The molecule has 0 spiro atoms. The maximum atomic E-state index is 12.6. The second-order valence-corrected chi connectivity index (χ2v) is 6.92. The lowest BCUT2D eigenvalue weighted by Gasteiger charge is -2.18. The molecule has 1 aliphatic heterocycles. The summed E-state index contributed by atoms with van der Waals surface area (Å²) >= 11 is 0. The van der Waals surface area contributed by atoms with Gasteiger partial charge in [0.15, 0.2) is 5.82 Å². The van der Waals surface area contributed by atoms with E-state index in [1.807, 2.05) is 4.90 Å². The molecule has 0 unspecified atom stereocenters. The molecule has 2 atom stereocenters. The molecular formula is C18H27N3O4. The number of hydrogen-bond acceptors (Lipinski definition) is 6. The van der Waals surface area contributed by atoms with Crippen LogP contribution >= 0.6 is 0 Å². The third-order valence-electron chi connectivity index (χ3n) is 5.12. The number of hydrogen-bond donors (Lipinski definition) is 1. The predicted octanol–water partition coefficient (Wildman–Crippen LogP) is 1.68. The summed E-state index contributed by atoms with van der Waals surface area (Å²) in [6.07, 6.45) is 7.79. The Hall–Kier alpha value is -1.73. The molecule has 1 aromatic rings. The van der Waals surface area contributed by atoms with Gasteiger partial charge in [0.2, 0.25) is 11.8 Å². The minimum Gasteiger partial charge on any atom is -0.396 e. The van der Waals surface area contributed by atoms with Gasteiger partial charge in [-0.3, -0.25) is 4.79 Å². The fraction of sp³-hybridized carbons (Fsp3) is 0.722. The Kier molecular flexibility index (Phi) is 6.20. The zero-order valence-electron chi connectivity index (χ0n) is 14.8. The number of allylic oxidation sites excluding steroid dienone is 1. The van der Waals surface area contributed by atoms with E-state index in [0.717, 1.165) is 12.8 Å². The van der Waals surface area contributed by atoms with Crippen molar-refractivity contribution in [2.75, 3.05) is 33.4 Å². The zero-order valence-corrected chi connectivity index (χ0v) is 14.8. The van der Waals surface area contributed by atoms with Gasteiger partial charge in [-0.05, 0) is 25.7 Å². The van der Waals surface area contributed by atoms with Gasteiger partial charge in [0.1, 0.15) is 0 Å². The van der Waals surface area contributed by atoms with Crippen LogP contribution in [0.3, 0.4) is 0 Å². The average Bonchev–Trinajstić information content (AvgIpc) is 3.27. The van der Waals surface area contributed by atoms with Crippen LogP contribution in [0.15, 0.2) is 16.2 Å². The highest BCUT2D eigenvalue weighted by molar-refractivity contribution is 5.79. The number of aliphatic hydroxyl groups is 1. The number of carbonyl (C=O) groups is 1. The van der Waals surface area contributed by atoms with Crippen LogP contribution in [0.5, 0.6) is 0 Å². The van der Waals surface area contributed by atoms with E-state index in [9.17, 15) is 9.90 Å². The van der Waals surface area contributed by atoms with Crippen molar-refractivity contribution >= 4 is 5.91 Å². The van der Waals surface area contributed by atoms with Crippen LogP contribution in [0.4, 0.5) is 0 Å². The van der Waals surface area contributed by atoms with E-state index in [-0.39, 0.29) is 24.3 Å². The molecule has 2 heterocycles. The van der Waals surface area contributed by atoms with E-state index in [4.69, 9.17) is 9.26 Å². The van der Waals surface area contributed by atoms with E-state index in [1.54, 1.807) is 7.11 Å². The fourth-order valence-corrected chi connectivity index (χ4v) is 3.62. The number of aliphatic hydroxyl groups excluding tert-OH is 1. The molecular weight excluding hydrogens is 322 g/mol. The molecule has 25 heavy (non-hydrogen) atoms. The average molecular weight is 349 g/mol. The topological polar surface area (TPSA) is 88.7 Å². The van der Waals surface area contributed by atoms with Crippen LogP contribution in [-0.4, -0.2) is 59.5 Å². The third-order valence-corrected chi connectivity index (χ3v) is 5.12. The molecule has 138 valence electrons. The van der Waals surface area contributed by atoms with E-state index in [2.05, 4.69) is 16.2 Å². The van der Waals surface area contributed by atoms with Gasteiger partial charge in [0.25, 0.3) is 0 Å². The summed E-state index contributed by atoms with van der Waals surface area (Å²) in [5.74, 6) is 1.09. The smallest absolute Gasteiger partial charge is 0.231 e. The molecule has 7 nitrogen and oxygen atoms in total. The Morgan fingerprint density at radius 1 is 1.44 bits per heavy atom. The molecule has 1 N–H and O–H groups in total. The lowest BCUT2D eigenvalue weighted by molar-refractivity contribution is -0.129. The van der Waals surface area contributed by atoms with Crippen molar-refractivity contribution in [3.8, 4) is 0 Å². The number of carbonyl (C=O) groups excluding carboxylic acids is 1. The van der Waals surface area contributed by atoms with Crippen molar-refractivity contribution in [2.24, 2.45) is 5.92 Å². The van der Waals surface area contributed by atoms with Gasteiger partial charge in [-0.15, -0.1) is 0 Å². The Bertz CT molecular complexity index is 613. The summed E-state index contributed by atoms with van der Waals surface area (Å²) in [7, 11) is 1.63. The number of likely N-dealkylation sites (tertiary alicyclic amines) is 1. The van der Waals surface area contributed by atoms with E-state index in [1.165, 1.54) is 18.4 Å². The van der Waals surface area contributed by atoms with Crippen LogP contribution in [0, 0.1) is 5.92 Å². The molecule has 1 saturated heterocycles. The molecule has 7 heteroatoms. The largest absolute Gasteiger partial charge is 0.396 e. The summed E-state index contributed by atoms with van der Waals surface area (Å²) in [5, 5.41) is 13.7. The first-order chi connectivity index (χ1) is 12.2. The van der Waals surface area contributed by atoms with E-state index in [0.29, 0.717) is 44.3 Å². The number of aromatic nitrogens is 2. The zero-order chi connectivity index (χ0) is 17.6. The van der Waals surface area contributed by atoms with Crippen LogP contribution in [0.1, 0.15) is 49.7 Å². The Morgan fingerprint density at radius 3 is 3.04 bits per heavy atom. The molecule has 1 aromatic heterocycles. The molecule has 2 aliphatic rings. The van der Waals surface area contributed by atoms with Gasteiger partial charge in [-0.1, -0.05) is 16.8 Å². The van der Waals surface area contributed by atoms with Gasteiger partial charge < -0.3 is 19.3 Å². The molecule has 1 amide bonds. The highest BCUT2D eigenvalue weighted by Gasteiger charge is 2.39. The normalized spacial score (nSPS) is 23.8.